The van der Waals surface area contributed by atoms with Crippen LogP contribution in [0.15, 0.2) is 0 Å². The largest absolute Gasteiger partial charge is 0.375 e. The van der Waals surface area contributed by atoms with Gasteiger partial charge in [-0.1, -0.05) is 0 Å². The van der Waals surface area contributed by atoms with Crippen LogP contribution < -0.4 is 16.9 Å². The monoisotopic (exact) mass is 198 g/mol. The van der Waals surface area contributed by atoms with Gasteiger partial charge in [0.2, 0.25) is 5.95 Å². The molecular weight excluding hydrogens is 184 g/mol. The number of rotatable bonds is 1. The van der Waals surface area contributed by atoms with E-state index in [1.54, 1.807) is 0 Å². The first-order valence-electron chi connectivity index (χ1n) is 4.51. The number of nitrogens with two attached hydrogens (primary N) is 2. The molecule has 2 atom stereocenters. The summed E-state index contributed by atoms with van der Waals surface area (Å²) in [6.07, 6.45) is 0.0228. The fourth-order valence-corrected chi connectivity index (χ4v) is 1.55. The van der Waals surface area contributed by atoms with Crippen LogP contribution in [0.4, 0.5) is 5.95 Å². The Labute approximate surface area is 81.4 Å². The van der Waals surface area contributed by atoms with Gasteiger partial charge in [0.15, 0.2) is 5.82 Å². The highest BCUT2D eigenvalue weighted by Crippen LogP contribution is 2.19. The van der Waals surface area contributed by atoms with Gasteiger partial charge in [0.25, 0.3) is 0 Å². The van der Waals surface area contributed by atoms with E-state index in [0.29, 0.717) is 12.4 Å². The SMILES string of the molecule is CC1OCCNC1c1nnc(N)n1N. The van der Waals surface area contributed by atoms with Gasteiger partial charge >= 0.3 is 0 Å². The summed E-state index contributed by atoms with van der Waals surface area (Å²) in [5.41, 5.74) is 5.49. The second-order valence-electron chi connectivity index (χ2n) is 3.29. The molecule has 5 N–H and O–H groups in total. The number of nitrogens with zero attached hydrogens (tertiary/aromatic N) is 3. The number of nitrogen functional groups attached to an aromatic ring is 2. The number of hydrogen-bond donors (Lipinski definition) is 3. The molecule has 0 spiro atoms. The smallest absolute Gasteiger partial charge is 0.240 e. The van der Waals surface area contributed by atoms with Gasteiger partial charge in [-0.3, -0.25) is 0 Å². The number of morpholine rings is 1. The first kappa shape index (κ1) is 9.22. The minimum Gasteiger partial charge on any atom is -0.375 e. The third-order valence-corrected chi connectivity index (χ3v) is 2.34. The predicted molar refractivity (Wildman–Crippen MR) is 50.7 cm³/mol. The van der Waals surface area contributed by atoms with E-state index in [4.69, 9.17) is 16.3 Å². The topological polar surface area (TPSA) is 104 Å². The third kappa shape index (κ3) is 1.40. The summed E-state index contributed by atoms with van der Waals surface area (Å²) < 4.78 is 6.75. The quantitative estimate of drug-likeness (QED) is 0.481. The third-order valence-electron chi connectivity index (χ3n) is 2.34. The van der Waals surface area contributed by atoms with E-state index in [0.717, 1.165) is 6.54 Å². The van der Waals surface area contributed by atoms with E-state index < -0.39 is 0 Å². The molecule has 7 nitrogen and oxygen atoms in total. The average molecular weight is 198 g/mol. The van der Waals surface area contributed by atoms with Crippen molar-refractivity contribution in [3.63, 3.8) is 0 Å². The van der Waals surface area contributed by atoms with Crippen molar-refractivity contribution in [3.05, 3.63) is 5.82 Å². The summed E-state index contributed by atoms with van der Waals surface area (Å²) in [7, 11) is 0. The van der Waals surface area contributed by atoms with E-state index in [1.165, 1.54) is 4.68 Å². The van der Waals surface area contributed by atoms with Crippen molar-refractivity contribution in [2.45, 2.75) is 19.1 Å². The van der Waals surface area contributed by atoms with Gasteiger partial charge in [-0.25, -0.2) is 4.68 Å². The molecule has 1 aliphatic rings. The van der Waals surface area contributed by atoms with Crippen molar-refractivity contribution in [2.24, 2.45) is 0 Å². The maximum atomic E-state index is 5.67. The van der Waals surface area contributed by atoms with Crippen LogP contribution in [0.5, 0.6) is 0 Å². The lowest BCUT2D eigenvalue weighted by molar-refractivity contribution is 0.00451. The Morgan fingerprint density at radius 1 is 1.57 bits per heavy atom. The minimum atomic E-state index is -0.0430. The normalized spacial score (nSPS) is 27.8. The molecule has 1 aliphatic heterocycles. The fraction of sp³-hybridized carbons (Fsp3) is 0.714. The zero-order valence-corrected chi connectivity index (χ0v) is 7.97. The second-order valence-corrected chi connectivity index (χ2v) is 3.29. The van der Waals surface area contributed by atoms with Crippen molar-refractivity contribution in [1.29, 1.82) is 0 Å². The standard InChI is InChI=1S/C7H14N6O/c1-4-5(10-2-3-14-4)6-11-12-7(8)13(6)9/h4-5,10H,2-3,9H2,1H3,(H2,8,12). The van der Waals surface area contributed by atoms with E-state index in [-0.39, 0.29) is 18.1 Å². The Kier molecular flexibility index (Phi) is 2.26. The van der Waals surface area contributed by atoms with E-state index in [9.17, 15) is 0 Å². The van der Waals surface area contributed by atoms with Crippen molar-refractivity contribution < 1.29 is 4.74 Å². The van der Waals surface area contributed by atoms with Crippen LogP contribution in [0.2, 0.25) is 0 Å². The molecule has 0 radical (unpaired) electrons. The lowest BCUT2D eigenvalue weighted by Gasteiger charge is -2.29. The molecule has 0 amide bonds. The van der Waals surface area contributed by atoms with Crippen LogP contribution in [0, 0.1) is 0 Å². The van der Waals surface area contributed by atoms with Crippen molar-refractivity contribution in [3.8, 4) is 0 Å². The number of ether oxygens (including phenoxy) is 1. The van der Waals surface area contributed by atoms with Crippen LogP contribution in [0.25, 0.3) is 0 Å². The predicted octanol–water partition coefficient (Wildman–Crippen LogP) is -1.38. The number of aromatic nitrogens is 3. The zero-order valence-electron chi connectivity index (χ0n) is 7.97. The molecule has 1 aromatic heterocycles. The van der Waals surface area contributed by atoms with Crippen LogP contribution in [0.3, 0.4) is 0 Å². The maximum Gasteiger partial charge on any atom is 0.240 e. The average Bonchev–Trinajstić information content (AvgIpc) is 2.49. The van der Waals surface area contributed by atoms with Crippen LogP contribution in [-0.2, 0) is 4.74 Å². The van der Waals surface area contributed by atoms with Crippen LogP contribution in [0.1, 0.15) is 18.8 Å². The molecule has 1 aromatic rings. The molecule has 2 rings (SSSR count). The molecule has 0 saturated carbocycles. The summed E-state index contributed by atoms with van der Waals surface area (Å²) in [6, 6.07) is -0.0430. The van der Waals surface area contributed by atoms with Gasteiger partial charge in [0.1, 0.15) is 0 Å². The van der Waals surface area contributed by atoms with E-state index >= 15 is 0 Å². The molecule has 1 saturated heterocycles. The van der Waals surface area contributed by atoms with Crippen molar-refractivity contribution in [2.75, 3.05) is 24.7 Å². The fourth-order valence-electron chi connectivity index (χ4n) is 1.55. The highest BCUT2D eigenvalue weighted by molar-refractivity contribution is 5.19. The minimum absolute atomic E-state index is 0.0228. The Bertz CT molecular complexity index is 324. The van der Waals surface area contributed by atoms with Crippen molar-refractivity contribution in [1.82, 2.24) is 20.2 Å². The van der Waals surface area contributed by atoms with E-state index in [2.05, 4.69) is 15.5 Å². The van der Waals surface area contributed by atoms with E-state index in [1.807, 2.05) is 6.92 Å². The summed E-state index contributed by atoms with van der Waals surface area (Å²) in [5.74, 6) is 6.48. The molecular formula is C7H14N6O. The molecule has 78 valence electrons. The Morgan fingerprint density at radius 3 is 2.93 bits per heavy atom. The Hall–Kier alpha value is -1.34. The highest BCUT2D eigenvalue weighted by atomic mass is 16.5. The maximum absolute atomic E-state index is 5.67. The summed E-state index contributed by atoms with van der Waals surface area (Å²) in [6.45, 7) is 3.44. The van der Waals surface area contributed by atoms with Gasteiger partial charge in [-0.05, 0) is 6.92 Å². The number of hydrogen-bond acceptors (Lipinski definition) is 6. The molecule has 0 aliphatic carbocycles. The number of nitrogens with one attached hydrogen (secondary N) is 1. The summed E-state index contributed by atoms with van der Waals surface area (Å²) >= 11 is 0. The summed E-state index contributed by atoms with van der Waals surface area (Å²) in [4.78, 5) is 0. The van der Waals surface area contributed by atoms with Gasteiger partial charge in [-0.15, -0.1) is 10.2 Å². The van der Waals surface area contributed by atoms with Crippen LogP contribution in [-0.4, -0.2) is 34.1 Å². The first-order chi connectivity index (χ1) is 6.70. The first-order valence-corrected chi connectivity index (χ1v) is 4.51. The molecule has 2 unspecified atom stereocenters. The second kappa shape index (κ2) is 3.43. The molecule has 14 heavy (non-hydrogen) atoms. The molecule has 2 heterocycles. The number of anilines is 1. The Balaban J connectivity index is 2.24. The lowest BCUT2D eigenvalue weighted by atomic mass is 10.1. The zero-order chi connectivity index (χ0) is 10.1. The molecule has 7 heteroatoms. The van der Waals surface area contributed by atoms with Gasteiger partial charge in [0.05, 0.1) is 18.8 Å². The van der Waals surface area contributed by atoms with Crippen LogP contribution >= 0.6 is 0 Å². The van der Waals surface area contributed by atoms with Crippen molar-refractivity contribution >= 4 is 5.95 Å². The highest BCUT2D eigenvalue weighted by Gasteiger charge is 2.28. The summed E-state index contributed by atoms with van der Waals surface area (Å²) in [5, 5.41) is 10.9. The molecule has 0 bridgehead atoms. The molecule has 0 aromatic carbocycles. The Morgan fingerprint density at radius 2 is 2.36 bits per heavy atom. The lowest BCUT2D eigenvalue weighted by Crippen LogP contribution is -2.42. The van der Waals surface area contributed by atoms with Gasteiger partial charge in [0, 0.05) is 6.54 Å². The van der Waals surface area contributed by atoms with Gasteiger partial charge < -0.3 is 21.6 Å². The van der Waals surface area contributed by atoms with Gasteiger partial charge in [-0.2, -0.15) is 0 Å². The molecule has 1 fully saturated rings.